The molecule has 0 atom stereocenters. The van der Waals surface area contributed by atoms with Gasteiger partial charge in [0, 0.05) is 19.6 Å². The van der Waals surface area contributed by atoms with E-state index in [0.717, 1.165) is 31.0 Å². The van der Waals surface area contributed by atoms with Crippen molar-refractivity contribution >= 4 is 5.82 Å². The van der Waals surface area contributed by atoms with E-state index < -0.39 is 0 Å². The first kappa shape index (κ1) is 13.0. The van der Waals surface area contributed by atoms with Crippen LogP contribution in [0.4, 0.5) is 5.82 Å². The largest absolute Gasteiger partial charge is 0.351 e. The Balaban J connectivity index is 2.07. The second-order valence-electron chi connectivity index (χ2n) is 5.75. The molecule has 0 amide bonds. The van der Waals surface area contributed by atoms with Gasteiger partial charge in [0.2, 0.25) is 0 Å². The summed E-state index contributed by atoms with van der Waals surface area (Å²) in [7, 11) is 0. The van der Waals surface area contributed by atoms with Gasteiger partial charge < -0.3 is 10.6 Å². The monoisotopic (exact) mass is 246 g/mol. The third-order valence-corrected chi connectivity index (χ3v) is 3.40. The van der Waals surface area contributed by atoms with Gasteiger partial charge in [-0.2, -0.15) is 0 Å². The molecule has 0 fully saturated rings. The molecule has 0 bridgehead atoms. The van der Waals surface area contributed by atoms with Crippen LogP contribution in [0, 0.1) is 5.41 Å². The Kier molecular flexibility index (Phi) is 3.66. The zero-order valence-corrected chi connectivity index (χ0v) is 11.5. The summed E-state index contributed by atoms with van der Waals surface area (Å²) in [5, 5.41) is 0. The van der Waals surface area contributed by atoms with Crippen molar-refractivity contribution in [2.45, 2.75) is 33.7 Å². The summed E-state index contributed by atoms with van der Waals surface area (Å²) in [6, 6.07) is 0. The van der Waals surface area contributed by atoms with E-state index in [-0.39, 0.29) is 5.41 Å². The van der Waals surface area contributed by atoms with Crippen molar-refractivity contribution < 1.29 is 0 Å². The summed E-state index contributed by atoms with van der Waals surface area (Å²) in [6.45, 7) is 9.18. The van der Waals surface area contributed by atoms with Gasteiger partial charge in [0.05, 0.1) is 18.1 Å². The number of hydrogen-bond acceptors (Lipinski definition) is 4. The lowest BCUT2D eigenvalue weighted by Gasteiger charge is -2.32. The Labute approximate surface area is 109 Å². The van der Waals surface area contributed by atoms with Crippen LogP contribution in [-0.4, -0.2) is 23.1 Å². The van der Waals surface area contributed by atoms with Crippen molar-refractivity contribution in [3.63, 3.8) is 0 Å². The number of hydrogen-bond donors (Lipinski definition) is 1. The molecule has 1 aliphatic heterocycles. The van der Waals surface area contributed by atoms with Crippen LogP contribution in [0.5, 0.6) is 0 Å². The highest BCUT2D eigenvalue weighted by atomic mass is 15.2. The van der Waals surface area contributed by atoms with Gasteiger partial charge in [-0.05, 0) is 11.8 Å². The van der Waals surface area contributed by atoms with Gasteiger partial charge in [-0.1, -0.05) is 32.4 Å². The molecule has 2 heterocycles. The van der Waals surface area contributed by atoms with Gasteiger partial charge in [-0.15, -0.1) is 0 Å². The lowest BCUT2D eigenvalue weighted by Crippen LogP contribution is -2.32. The zero-order valence-electron chi connectivity index (χ0n) is 11.5. The first-order valence-electron chi connectivity index (χ1n) is 6.46. The van der Waals surface area contributed by atoms with Gasteiger partial charge >= 0.3 is 0 Å². The molecule has 4 nitrogen and oxygen atoms in total. The lowest BCUT2D eigenvalue weighted by molar-refractivity contribution is 0.472. The van der Waals surface area contributed by atoms with E-state index in [9.17, 15) is 0 Å². The number of aromatic nitrogens is 2. The highest BCUT2D eigenvalue weighted by Gasteiger charge is 2.21. The van der Waals surface area contributed by atoms with Crippen molar-refractivity contribution in [2.24, 2.45) is 11.1 Å². The van der Waals surface area contributed by atoms with Crippen molar-refractivity contribution in [2.75, 3.05) is 18.0 Å². The standard InChI is InChI=1S/C14H22N4/c1-14(2,3)11-4-6-18(7-5-11)13-10-16-12(8-15)9-17-13/h4,9-10H,5-8,15H2,1-3H3. The summed E-state index contributed by atoms with van der Waals surface area (Å²) in [6.07, 6.45) is 7.00. The first-order valence-corrected chi connectivity index (χ1v) is 6.46. The second kappa shape index (κ2) is 5.06. The van der Waals surface area contributed by atoms with Crippen LogP contribution in [0.15, 0.2) is 24.0 Å². The summed E-state index contributed by atoms with van der Waals surface area (Å²) in [4.78, 5) is 11.0. The molecule has 1 aliphatic rings. The van der Waals surface area contributed by atoms with Crippen molar-refractivity contribution in [3.8, 4) is 0 Å². The maximum absolute atomic E-state index is 5.52. The Morgan fingerprint density at radius 1 is 1.28 bits per heavy atom. The normalized spacial score (nSPS) is 16.7. The summed E-state index contributed by atoms with van der Waals surface area (Å²) in [5.74, 6) is 0.941. The van der Waals surface area contributed by atoms with E-state index in [0.29, 0.717) is 6.54 Å². The fourth-order valence-corrected chi connectivity index (χ4v) is 2.18. The molecule has 0 aromatic carbocycles. The minimum Gasteiger partial charge on any atom is -0.351 e. The Morgan fingerprint density at radius 2 is 2.06 bits per heavy atom. The molecule has 0 aliphatic carbocycles. The molecule has 0 saturated heterocycles. The van der Waals surface area contributed by atoms with Gasteiger partial charge in [-0.25, -0.2) is 4.98 Å². The Bertz CT molecular complexity index is 428. The Morgan fingerprint density at radius 3 is 2.50 bits per heavy atom. The number of anilines is 1. The molecule has 2 rings (SSSR count). The fraction of sp³-hybridized carbons (Fsp3) is 0.571. The molecule has 1 aromatic heterocycles. The van der Waals surface area contributed by atoms with Gasteiger partial charge in [0.1, 0.15) is 5.82 Å². The van der Waals surface area contributed by atoms with Crippen molar-refractivity contribution in [3.05, 3.63) is 29.7 Å². The topological polar surface area (TPSA) is 55.0 Å². The average Bonchev–Trinajstić information content (AvgIpc) is 2.38. The van der Waals surface area contributed by atoms with E-state index in [2.05, 4.69) is 41.7 Å². The summed E-state index contributed by atoms with van der Waals surface area (Å²) >= 11 is 0. The predicted octanol–water partition coefficient (Wildman–Crippen LogP) is 2.12. The van der Waals surface area contributed by atoms with Crippen LogP contribution in [0.25, 0.3) is 0 Å². The highest BCUT2D eigenvalue weighted by Crippen LogP contribution is 2.30. The maximum Gasteiger partial charge on any atom is 0.147 e. The molecule has 18 heavy (non-hydrogen) atoms. The molecular weight excluding hydrogens is 224 g/mol. The molecule has 4 heteroatoms. The van der Waals surface area contributed by atoms with Crippen LogP contribution in [-0.2, 0) is 6.54 Å². The van der Waals surface area contributed by atoms with Gasteiger partial charge in [0.15, 0.2) is 0 Å². The third-order valence-electron chi connectivity index (χ3n) is 3.40. The first-order chi connectivity index (χ1) is 8.50. The van der Waals surface area contributed by atoms with Crippen LogP contribution in [0.1, 0.15) is 32.9 Å². The van der Waals surface area contributed by atoms with Crippen molar-refractivity contribution in [1.29, 1.82) is 0 Å². The van der Waals surface area contributed by atoms with Gasteiger partial charge in [-0.3, -0.25) is 4.98 Å². The van der Waals surface area contributed by atoms with E-state index in [4.69, 9.17) is 5.73 Å². The fourth-order valence-electron chi connectivity index (χ4n) is 2.18. The molecular formula is C14H22N4. The van der Waals surface area contributed by atoms with Crippen LogP contribution < -0.4 is 10.6 Å². The molecule has 1 aromatic rings. The van der Waals surface area contributed by atoms with E-state index >= 15 is 0 Å². The number of nitrogens with zero attached hydrogens (tertiary/aromatic N) is 3. The Hall–Kier alpha value is -1.42. The highest BCUT2D eigenvalue weighted by molar-refractivity contribution is 5.39. The number of nitrogens with two attached hydrogens (primary N) is 1. The van der Waals surface area contributed by atoms with E-state index in [1.807, 2.05) is 6.20 Å². The quantitative estimate of drug-likeness (QED) is 0.812. The molecule has 98 valence electrons. The maximum atomic E-state index is 5.52. The van der Waals surface area contributed by atoms with E-state index in [1.54, 1.807) is 6.20 Å². The molecule has 2 N–H and O–H groups in total. The van der Waals surface area contributed by atoms with Crippen LogP contribution in [0.3, 0.4) is 0 Å². The van der Waals surface area contributed by atoms with E-state index in [1.165, 1.54) is 5.57 Å². The summed E-state index contributed by atoms with van der Waals surface area (Å²) in [5.41, 5.74) is 8.17. The third kappa shape index (κ3) is 2.88. The van der Waals surface area contributed by atoms with Crippen LogP contribution in [0.2, 0.25) is 0 Å². The van der Waals surface area contributed by atoms with Crippen molar-refractivity contribution in [1.82, 2.24) is 9.97 Å². The molecule has 0 saturated carbocycles. The van der Waals surface area contributed by atoms with Crippen LogP contribution >= 0.6 is 0 Å². The number of rotatable bonds is 2. The smallest absolute Gasteiger partial charge is 0.147 e. The average molecular weight is 246 g/mol. The minimum atomic E-state index is 0.279. The molecule has 0 unspecified atom stereocenters. The molecule has 0 radical (unpaired) electrons. The second-order valence-corrected chi connectivity index (χ2v) is 5.75. The SMILES string of the molecule is CC(C)(C)C1=CCN(c2cnc(CN)cn2)CC1. The minimum absolute atomic E-state index is 0.279. The lowest BCUT2D eigenvalue weighted by atomic mass is 9.83. The summed E-state index contributed by atoms with van der Waals surface area (Å²) < 4.78 is 0. The molecule has 0 spiro atoms. The predicted molar refractivity (Wildman–Crippen MR) is 74.3 cm³/mol. The van der Waals surface area contributed by atoms with Gasteiger partial charge in [0.25, 0.3) is 0 Å². The zero-order chi connectivity index (χ0) is 13.2.